The number of aromatic nitrogens is 4. The van der Waals surface area contributed by atoms with Crippen molar-refractivity contribution < 1.29 is 9.66 Å². The number of hydrogen-bond acceptors (Lipinski definition) is 7. The lowest BCUT2D eigenvalue weighted by Gasteiger charge is -2.21. The standard InChI is InChI=1S/C23H18N6O3/c1-27(17-5-3-4-16(12-17)15-6-9-19(32-2)10-7-15)22-20-11-8-18(29(30)31)13-21(20)28-14-24-26-23(28)25-22/h3-14H,1-2H3. The van der Waals surface area contributed by atoms with Crippen molar-refractivity contribution in [3.63, 3.8) is 0 Å². The van der Waals surface area contributed by atoms with Crippen molar-refractivity contribution >= 4 is 33.9 Å². The van der Waals surface area contributed by atoms with Gasteiger partial charge in [0.25, 0.3) is 11.5 Å². The molecule has 0 amide bonds. The lowest BCUT2D eigenvalue weighted by molar-refractivity contribution is -0.384. The first-order valence-corrected chi connectivity index (χ1v) is 9.81. The molecule has 9 nitrogen and oxygen atoms in total. The zero-order valence-electron chi connectivity index (χ0n) is 17.3. The Morgan fingerprint density at radius 1 is 1.03 bits per heavy atom. The number of hydrogen-bond donors (Lipinski definition) is 0. The molecule has 0 atom stereocenters. The molecule has 0 N–H and O–H groups in total. The number of nitro groups is 1. The smallest absolute Gasteiger partial charge is 0.271 e. The third-order valence-corrected chi connectivity index (χ3v) is 5.40. The van der Waals surface area contributed by atoms with Gasteiger partial charge in [-0.2, -0.15) is 4.98 Å². The summed E-state index contributed by atoms with van der Waals surface area (Å²) < 4.78 is 6.89. The van der Waals surface area contributed by atoms with Crippen molar-refractivity contribution in [2.75, 3.05) is 19.1 Å². The predicted octanol–water partition coefficient (Wildman–Crippen LogP) is 4.63. The Morgan fingerprint density at radius 2 is 1.84 bits per heavy atom. The van der Waals surface area contributed by atoms with Gasteiger partial charge in [-0.05, 0) is 41.5 Å². The molecule has 0 saturated carbocycles. The van der Waals surface area contributed by atoms with E-state index in [4.69, 9.17) is 4.74 Å². The molecule has 0 fully saturated rings. The zero-order chi connectivity index (χ0) is 22.2. The van der Waals surface area contributed by atoms with Crippen molar-refractivity contribution in [3.8, 4) is 16.9 Å². The summed E-state index contributed by atoms with van der Waals surface area (Å²) in [5, 5.41) is 20.0. The molecular formula is C23H18N6O3. The number of rotatable bonds is 5. The Kier molecular flexibility index (Phi) is 4.63. The average Bonchev–Trinajstić information content (AvgIpc) is 3.32. The minimum atomic E-state index is -0.419. The number of non-ortho nitro benzene ring substituents is 1. The van der Waals surface area contributed by atoms with Crippen LogP contribution in [0.3, 0.4) is 0 Å². The summed E-state index contributed by atoms with van der Waals surface area (Å²) in [6.45, 7) is 0. The van der Waals surface area contributed by atoms with Crippen LogP contribution < -0.4 is 9.64 Å². The van der Waals surface area contributed by atoms with E-state index in [0.29, 0.717) is 17.1 Å². The lowest BCUT2D eigenvalue weighted by atomic mass is 10.0. The number of benzene rings is 3. The van der Waals surface area contributed by atoms with Gasteiger partial charge in [0.15, 0.2) is 0 Å². The molecule has 0 spiro atoms. The minimum absolute atomic E-state index is 0.00574. The van der Waals surface area contributed by atoms with E-state index in [1.807, 2.05) is 54.4 Å². The van der Waals surface area contributed by atoms with E-state index in [9.17, 15) is 10.1 Å². The maximum absolute atomic E-state index is 11.3. The Morgan fingerprint density at radius 3 is 2.59 bits per heavy atom. The Hall–Kier alpha value is -4.53. The number of anilines is 2. The average molecular weight is 426 g/mol. The summed E-state index contributed by atoms with van der Waals surface area (Å²) in [6.07, 6.45) is 1.50. The number of fused-ring (bicyclic) bond motifs is 3. The molecule has 0 unspecified atom stereocenters. The molecule has 9 heteroatoms. The van der Waals surface area contributed by atoms with Crippen LogP contribution in [0.1, 0.15) is 0 Å². The SMILES string of the molecule is COc1ccc(-c2cccc(N(C)c3nc4nncn4c4cc([N+](=O)[O-])ccc34)c2)cc1. The maximum Gasteiger partial charge on any atom is 0.271 e. The van der Waals surface area contributed by atoms with E-state index in [1.54, 1.807) is 17.6 Å². The third kappa shape index (κ3) is 3.25. The van der Waals surface area contributed by atoms with E-state index in [2.05, 4.69) is 21.2 Å². The highest BCUT2D eigenvalue weighted by atomic mass is 16.6. The summed E-state index contributed by atoms with van der Waals surface area (Å²) in [5.74, 6) is 1.79. The maximum atomic E-state index is 11.3. The number of methoxy groups -OCH3 is 1. The van der Waals surface area contributed by atoms with Gasteiger partial charge >= 0.3 is 0 Å². The van der Waals surface area contributed by atoms with Gasteiger partial charge in [-0.25, -0.2) is 0 Å². The summed E-state index contributed by atoms with van der Waals surface area (Å²) in [7, 11) is 3.55. The molecule has 0 aliphatic rings. The summed E-state index contributed by atoms with van der Waals surface area (Å²) >= 11 is 0. The van der Waals surface area contributed by atoms with Crippen LogP contribution in [0, 0.1) is 10.1 Å². The first-order chi connectivity index (χ1) is 15.5. The van der Waals surface area contributed by atoms with Gasteiger partial charge in [-0.1, -0.05) is 24.3 Å². The van der Waals surface area contributed by atoms with Crippen LogP contribution in [0.25, 0.3) is 27.8 Å². The van der Waals surface area contributed by atoms with Crippen LogP contribution in [0.4, 0.5) is 17.2 Å². The highest BCUT2D eigenvalue weighted by molar-refractivity contribution is 5.94. The third-order valence-electron chi connectivity index (χ3n) is 5.40. The highest BCUT2D eigenvalue weighted by Gasteiger charge is 2.17. The van der Waals surface area contributed by atoms with Gasteiger partial charge in [0.05, 0.1) is 17.5 Å². The number of nitrogens with zero attached hydrogens (tertiary/aromatic N) is 6. The second-order valence-electron chi connectivity index (χ2n) is 7.23. The van der Waals surface area contributed by atoms with E-state index in [0.717, 1.165) is 28.0 Å². The molecule has 0 aliphatic carbocycles. The van der Waals surface area contributed by atoms with Crippen LogP contribution in [-0.2, 0) is 0 Å². The fourth-order valence-electron chi connectivity index (χ4n) is 3.71. The van der Waals surface area contributed by atoms with Crippen molar-refractivity contribution in [3.05, 3.63) is 83.2 Å². The molecule has 0 aliphatic heterocycles. The molecule has 2 heterocycles. The fourth-order valence-corrected chi connectivity index (χ4v) is 3.71. The molecule has 5 aromatic rings. The van der Waals surface area contributed by atoms with E-state index < -0.39 is 4.92 Å². The molecule has 2 aromatic heterocycles. The topological polar surface area (TPSA) is 98.7 Å². The van der Waals surface area contributed by atoms with E-state index >= 15 is 0 Å². The zero-order valence-corrected chi connectivity index (χ0v) is 17.3. The molecule has 32 heavy (non-hydrogen) atoms. The Labute approximate surface area is 182 Å². The summed E-state index contributed by atoms with van der Waals surface area (Å²) in [4.78, 5) is 17.5. The molecule has 0 radical (unpaired) electrons. The monoisotopic (exact) mass is 426 g/mol. The second-order valence-corrected chi connectivity index (χ2v) is 7.23. The van der Waals surface area contributed by atoms with Gasteiger partial charge in [0.1, 0.15) is 17.9 Å². The summed E-state index contributed by atoms with van der Waals surface area (Å²) in [6, 6.07) is 20.6. The van der Waals surface area contributed by atoms with Gasteiger partial charge in [0, 0.05) is 30.3 Å². The number of nitro benzene ring substituents is 1. The van der Waals surface area contributed by atoms with Gasteiger partial charge in [-0.15, -0.1) is 10.2 Å². The first-order valence-electron chi connectivity index (χ1n) is 9.81. The molecule has 0 saturated heterocycles. The molecule has 3 aromatic carbocycles. The van der Waals surface area contributed by atoms with Crippen molar-refractivity contribution in [1.82, 2.24) is 19.6 Å². The quantitative estimate of drug-likeness (QED) is 0.298. The number of ether oxygens (including phenoxy) is 1. The molecular weight excluding hydrogens is 408 g/mol. The van der Waals surface area contributed by atoms with E-state index in [1.165, 1.54) is 18.5 Å². The van der Waals surface area contributed by atoms with Crippen molar-refractivity contribution in [2.45, 2.75) is 0 Å². The van der Waals surface area contributed by atoms with Crippen LogP contribution >= 0.6 is 0 Å². The predicted molar refractivity (Wildman–Crippen MR) is 121 cm³/mol. The van der Waals surface area contributed by atoms with Crippen LogP contribution in [0.2, 0.25) is 0 Å². The van der Waals surface area contributed by atoms with Gasteiger partial charge in [-0.3, -0.25) is 14.5 Å². The van der Waals surface area contributed by atoms with E-state index in [-0.39, 0.29) is 5.69 Å². The van der Waals surface area contributed by atoms with Crippen LogP contribution in [0.15, 0.2) is 73.1 Å². The summed E-state index contributed by atoms with van der Waals surface area (Å²) in [5.41, 5.74) is 3.62. The van der Waals surface area contributed by atoms with Gasteiger partial charge in [0.2, 0.25) is 0 Å². The largest absolute Gasteiger partial charge is 0.497 e. The minimum Gasteiger partial charge on any atom is -0.497 e. The fraction of sp³-hybridized carbons (Fsp3) is 0.0870. The van der Waals surface area contributed by atoms with Crippen molar-refractivity contribution in [1.29, 1.82) is 0 Å². The Balaban J connectivity index is 1.63. The highest BCUT2D eigenvalue weighted by Crippen LogP contribution is 2.34. The molecule has 5 rings (SSSR count). The first kappa shape index (κ1) is 19.4. The van der Waals surface area contributed by atoms with Crippen molar-refractivity contribution in [2.24, 2.45) is 0 Å². The molecule has 158 valence electrons. The second kappa shape index (κ2) is 7.62. The van der Waals surface area contributed by atoms with Crippen LogP contribution in [-0.4, -0.2) is 38.7 Å². The Bertz CT molecular complexity index is 1460. The lowest BCUT2D eigenvalue weighted by Crippen LogP contribution is -2.13. The van der Waals surface area contributed by atoms with Gasteiger partial charge < -0.3 is 9.64 Å². The normalized spacial score (nSPS) is 11.1. The van der Waals surface area contributed by atoms with Crippen LogP contribution in [0.5, 0.6) is 5.75 Å². The molecule has 0 bridgehead atoms.